The second kappa shape index (κ2) is 8.92. The SMILES string of the molecule is CC(C)(C)CCCCCCCCN1CCNCC1. The average molecular weight is 254 g/mol. The second-order valence-electron chi connectivity index (χ2n) is 7.02. The Morgan fingerprint density at radius 3 is 2.00 bits per heavy atom. The number of piperazine rings is 1. The minimum absolute atomic E-state index is 0.530. The minimum atomic E-state index is 0.530. The van der Waals surface area contributed by atoms with Gasteiger partial charge in [-0.25, -0.2) is 0 Å². The first-order valence-corrected chi connectivity index (χ1v) is 8.01. The van der Waals surface area contributed by atoms with Gasteiger partial charge in [0, 0.05) is 26.2 Å². The third kappa shape index (κ3) is 8.93. The van der Waals surface area contributed by atoms with Crippen LogP contribution in [0.3, 0.4) is 0 Å². The molecular weight excluding hydrogens is 220 g/mol. The molecule has 1 aliphatic heterocycles. The van der Waals surface area contributed by atoms with Crippen molar-refractivity contribution >= 4 is 0 Å². The van der Waals surface area contributed by atoms with Gasteiger partial charge in [0.05, 0.1) is 0 Å². The molecular formula is C16H34N2. The van der Waals surface area contributed by atoms with Gasteiger partial charge in [0.1, 0.15) is 0 Å². The van der Waals surface area contributed by atoms with Gasteiger partial charge in [0.25, 0.3) is 0 Å². The molecule has 0 unspecified atom stereocenters. The highest BCUT2D eigenvalue weighted by atomic mass is 15.2. The Bertz CT molecular complexity index is 190. The smallest absolute Gasteiger partial charge is 0.0107 e. The molecule has 2 nitrogen and oxygen atoms in total. The molecule has 0 aromatic heterocycles. The number of nitrogens with one attached hydrogen (secondary N) is 1. The van der Waals surface area contributed by atoms with E-state index in [-0.39, 0.29) is 0 Å². The molecule has 1 saturated heterocycles. The minimum Gasteiger partial charge on any atom is -0.314 e. The highest BCUT2D eigenvalue weighted by Crippen LogP contribution is 2.22. The Balaban J connectivity index is 1.81. The number of hydrogen-bond donors (Lipinski definition) is 1. The van der Waals surface area contributed by atoms with Gasteiger partial charge in [0.2, 0.25) is 0 Å². The third-order valence-corrected chi connectivity index (χ3v) is 3.86. The fraction of sp³-hybridized carbons (Fsp3) is 1.00. The quantitative estimate of drug-likeness (QED) is 0.665. The fourth-order valence-electron chi connectivity index (χ4n) is 2.63. The summed E-state index contributed by atoms with van der Waals surface area (Å²) in [6.45, 7) is 13.3. The van der Waals surface area contributed by atoms with Crippen LogP contribution in [-0.4, -0.2) is 37.6 Å². The molecule has 0 saturated carbocycles. The van der Waals surface area contributed by atoms with Gasteiger partial charge in [-0.1, -0.05) is 52.9 Å². The van der Waals surface area contributed by atoms with Crippen LogP contribution >= 0.6 is 0 Å². The molecule has 0 aromatic carbocycles. The molecule has 1 aliphatic rings. The highest BCUT2D eigenvalue weighted by Gasteiger charge is 2.09. The zero-order chi connectivity index (χ0) is 13.3. The molecule has 108 valence electrons. The molecule has 2 heteroatoms. The van der Waals surface area contributed by atoms with Crippen LogP contribution in [0.15, 0.2) is 0 Å². The van der Waals surface area contributed by atoms with Crippen LogP contribution in [0, 0.1) is 5.41 Å². The van der Waals surface area contributed by atoms with Crippen LogP contribution in [0.4, 0.5) is 0 Å². The molecule has 18 heavy (non-hydrogen) atoms. The predicted molar refractivity (Wildman–Crippen MR) is 81.1 cm³/mol. The van der Waals surface area contributed by atoms with E-state index in [1.54, 1.807) is 0 Å². The Morgan fingerprint density at radius 2 is 1.39 bits per heavy atom. The molecule has 0 radical (unpaired) electrons. The fourth-order valence-corrected chi connectivity index (χ4v) is 2.63. The lowest BCUT2D eigenvalue weighted by Gasteiger charge is -2.27. The van der Waals surface area contributed by atoms with E-state index in [2.05, 4.69) is 31.0 Å². The van der Waals surface area contributed by atoms with E-state index in [1.165, 1.54) is 77.7 Å². The van der Waals surface area contributed by atoms with E-state index >= 15 is 0 Å². The van der Waals surface area contributed by atoms with Crippen molar-refractivity contribution in [3.63, 3.8) is 0 Å². The Hall–Kier alpha value is -0.0800. The third-order valence-electron chi connectivity index (χ3n) is 3.86. The predicted octanol–water partition coefficient (Wildman–Crippen LogP) is 3.67. The van der Waals surface area contributed by atoms with Crippen molar-refractivity contribution in [1.82, 2.24) is 10.2 Å². The van der Waals surface area contributed by atoms with Gasteiger partial charge in [-0.3, -0.25) is 0 Å². The van der Waals surface area contributed by atoms with Crippen molar-refractivity contribution in [3.8, 4) is 0 Å². The lowest BCUT2D eigenvalue weighted by atomic mass is 9.89. The van der Waals surface area contributed by atoms with E-state index < -0.39 is 0 Å². The van der Waals surface area contributed by atoms with E-state index in [0.717, 1.165) is 0 Å². The average Bonchev–Trinajstić information content (AvgIpc) is 2.32. The standard InChI is InChI=1S/C16H34N2/c1-16(2,3)10-8-6-4-5-7-9-13-18-14-11-17-12-15-18/h17H,4-15H2,1-3H3. The lowest BCUT2D eigenvalue weighted by Crippen LogP contribution is -2.43. The first-order valence-electron chi connectivity index (χ1n) is 8.01. The van der Waals surface area contributed by atoms with E-state index in [0.29, 0.717) is 5.41 Å². The highest BCUT2D eigenvalue weighted by molar-refractivity contribution is 4.67. The molecule has 1 rings (SSSR count). The van der Waals surface area contributed by atoms with E-state index in [4.69, 9.17) is 0 Å². The maximum absolute atomic E-state index is 3.41. The Kier molecular flexibility index (Phi) is 7.92. The van der Waals surface area contributed by atoms with Gasteiger partial charge in [-0.15, -0.1) is 0 Å². The van der Waals surface area contributed by atoms with Crippen LogP contribution in [0.2, 0.25) is 0 Å². The van der Waals surface area contributed by atoms with E-state index in [9.17, 15) is 0 Å². The molecule has 1 fully saturated rings. The molecule has 1 N–H and O–H groups in total. The molecule has 0 spiro atoms. The maximum atomic E-state index is 3.41. The van der Waals surface area contributed by atoms with Crippen molar-refractivity contribution in [2.45, 2.75) is 65.7 Å². The zero-order valence-corrected chi connectivity index (χ0v) is 12.9. The molecule has 0 amide bonds. The summed E-state index contributed by atoms with van der Waals surface area (Å²) < 4.78 is 0. The van der Waals surface area contributed by atoms with Crippen LogP contribution in [0.25, 0.3) is 0 Å². The summed E-state index contributed by atoms with van der Waals surface area (Å²) in [5, 5.41) is 3.41. The molecule has 1 heterocycles. The summed E-state index contributed by atoms with van der Waals surface area (Å²) in [6, 6.07) is 0. The summed E-state index contributed by atoms with van der Waals surface area (Å²) in [7, 11) is 0. The summed E-state index contributed by atoms with van der Waals surface area (Å²) in [4.78, 5) is 2.61. The summed E-state index contributed by atoms with van der Waals surface area (Å²) in [6.07, 6.45) is 9.95. The molecule has 0 aromatic rings. The second-order valence-corrected chi connectivity index (χ2v) is 7.02. The van der Waals surface area contributed by atoms with Gasteiger partial charge >= 0.3 is 0 Å². The summed E-state index contributed by atoms with van der Waals surface area (Å²) in [5.74, 6) is 0. The molecule has 0 aliphatic carbocycles. The van der Waals surface area contributed by atoms with E-state index in [1.807, 2.05) is 0 Å². The Labute approximate surface area is 115 Å². The topological polar surface area (TPSA) is 15.3 Å². The Morgan fingerprint density at radius 1 is 0.833 bits per heavy atom. The van der Waals surface area contributed by atoms with Crippen LogP contribution < -0.4 is 5.32 Å². The molecule has 0 bridgehead atoms. The van der Waals surface area contributed by atoms with Crippen LogP contribution in [0.5, 0.6) is 0 Å². The number of hydrogen-bond acceptors (Lipinski definition) is 2. The maximum Gasteiger partial charge on any atom is 0.0107 e. The zero-order valence-electron chi connectivity index (χ0n) is 12.9. The van der Waals surface area contributed by atoms with Crippen LogP contribution in [0.1, 0.15) is 65.7 Å². The molecule has 0 atom stereocenters. The first kappa shape index (κ1) is 16.0. The number of rotatable bonds is 8. The van der Waals surface area contributed by atoms with Crippen LogP contribution in [-0.2, 0) is 0 Å². The number of unbranched alkanes of at least 4 members (excludes halogenated alkanes) is 5. The monoisotopic (exact) mass is 254 g/mol. The van der Waals surface area contributed by atoms with Crippen molar-refractivity contribution in [1.29, 1.82) is 0 Å². The van der Waals surface area contributed by atoms with Gasteiger partial charge in [0.15, 0.2) is 0 Å². The lowest BCUT2D eigenvalue weighted by molar-refractivity contribution is 0.236. The van der Waals surface area contributed by atoms with Gasteiger partial charge < -0.3 is 10.2 Å². The summed E-state index contributed by atoms with van der Waals surface area (Å²) in [5.41, 5.74) is 0.530. The normalized spacial score (nSPS) is 18.2. The van der Waals surface area contributed by atoms with Gasteiger partial charge in [-0.2, -0.15) is 0 Å². The largest absolute Gasteiger partial charge is 0.314 e. The van der Waals surface area contributed by atoms with Crippen molar-refractivity contribution in [2.24, 2.45) is 5.41 Å². The van der Waals surface area contributed by atoms with Crippen molar-refractivity contribution < 1.29 is 0 Å². The van der Waals surface area contributed by atoms with Crippen molar-refractivity contribution in [3.05, 3.63) is 0 Å². The van der Waals surface area contributed by atoms with Crippen molar-refractivity contribution in [2.75, 3.05) is 32.7 Å². The number of nitrogens with zero attached hydrogens (tertiary/aromatic N) is 1. The van der Waals surface area contributed by atoms with Gasteiger partial charge in [-0.05, 0) is 24.8 Å². The first-order chi connectivity index (χ1) is 8.58. The summed E-state index contributed by atoms with van der Waals surface area (Å²) >= 11 is 0.